The summed E-state index contributed by atoms with van der Waals surface area (Å²) in [5.41, 5.74) is -1.38. The average molecular weight is 186 g/mol. The van der Waals surface area contributed by atoms with Gasteiger partial charge in [0.05, 0.1) is 12.2 Å². The van der Waals surface area contributed by atoms with Crippen LogP contribution in [0.1, 0.15) is 13.8 Å². The van der Waals surface area contributed by atoms with Crippen LogP contribution in [0, 0.1) is 5.92 Å². The third kappa shape index (κ3) is 2.64. The molecule has 0 heterocycles. The minimum absolute atomic E-state index is 0.954. The van der Waals surface area contributed by atoms with Gasteiger partial charge in [0.25, 0.3) is 0 Å². The summed E-state index contributed by atoms with van der Waals surface area (Å²) < 4.78 is 41.1. The third-order valence-corrected chi connectivity index (χ3v) is 1.94. The number of aliphatic hydroxyl groups excluding tert-OH is 1. The van der Waals surface area contributed by atoms with E-state index in [1.807, 2.05) is 0 Å². The Morgan fingerprint density at radius 3 is 1.83 bits per heavy atom. The Kier molecular flexibility index (Phi) is 3.53. The summed E-state index contributed by atoms with van der Waals surface area (Å²) in [7, 11) is 1.19. The minimum Gasteiger partial charge on any atom is -0.396 e. The van der Waals surface area contributed by atoms with Gasteiger partial charge in [0.1, 0.15) is 5.92 Å². The van der Waals surface area contributed by atoms with Gasteiger partial charge in [-0.05, 0) is 13.8 Å². The summed E-state index contributed by atoms with van der Waals surface area (Å²) in [6.45, 7) is 1.63. The molecule has 74 valence electrons. The maximum Gasteiger partial charge on any atom is 0.396 e. The largest absolute Gasteiger partial charge is 0.396 e. The predicted molar refractivity (Wildman–Crippen MR) is 37.7 cm³/mol. The van der Waals surface area contributed by atoms with E-state index in [4.69, 9.17) is 5.11 Å². The van der Waals surface area contributed by atoms with Crippen LogP contribution in [0.4, 0.5) is 13.2 Å². The lowest BCUT2D eigenvalue weighted by Gasteiger charge is -2.32. The second-order valence-corrected chi connectivity index (χ2v) is 3.08. The van der Waals surface area contributed by atoms with Gasteiger partial charge in [0.15, 0.2) is 0 Å². The highest BCUT2D eigenvalue weighted by molar-refractivity contribution is 4.83. The van der Waals surface area contributed by atoms with Crippen molar-refractivity contribution < 1.29 is 23.0 Å². The molecular weight excluding hydrogens is 173 g/mol. The minimum atomic E-state index is -4.42. The van der Waals surface area contributed by atoms with E-state index >= 15 is 0 Å². The van der Waals surface area contributed by atoms with Crippen LogP contribution in [0.25, 0.3) is 0 Å². The van der Waals surface area contributed by atoms with Crippen molar-refractivity contribution in [1.29, 1.82) is 0 Å². The molecule has 12 heavy (non-hydrogen) atoms. The summed E-state index contributed by atoms with van der Waals surface area (Å²) >= 11 is 0. The third-order valence-electron chi connectivity index (χ3n) is 1.94. The van der Waals surface area contributed by atoms with Gasteiger partial charge in [-0.1, -0.05) is 0 Å². The van der Waals surface area contributed by atoms with E-state index in [1.165, 1.54) is 21.0 Å². The monoisotopic (exact) mass is 186 g/mol. The van der Waals surface area contributed by atoms with E-state index in [0.717, 1.165) is 0 Å². The number of aliphatic hydroxyl groups is 1. The molecule has 0 aliphatic carbocycles. The molecule has 0 amide bonds. The quantitative estimate of drug-likeness (QED) is 0.725. The van der Waals surface area contributed by atoms with Gasteiger partial charge in [-0.25, -0.2) is 0 Å². The Morgan fingerprint density at radius 2 is 1.75 bits per heavy atom. The Labute approximate surface area is 69.3 Å². The number of alkyl halides is 3. The van der Waals surface area contributed by atoms with Gasteiger partial charge < -0.3 is 9.84 Å². The fourth-order valence-electron chi connectivity index (χ4n) is 0.860. The Bertz CT molecular complexity index is 142. The Morgan fingerprint density at radius 1 is 1.33 bits per heavy atom. The SMILES string of the molecule is COC(C)(C)C(CO)C(F)(F)F. The van der Waals surface area contributed by atoms with Gasteiger partial charge in [-0.15, -0.1) is 0 Å². The van der Waals surface area contributed by atoms with Crippen molar-refractivity contribution in [2.24, 2.45) is 5.92 Å². The normalized spacial score (nSPS) is 16.2. The molecule has 1 unspecified atom stereocenters. The molecule has 0 saturated carbocycles. The van der Waals surface area contributed by atoms with Crippen molar-refractivity contribution in [3.63, 3.8) is 0 Å². The zero-order chi connectivity index (χ0) is 9.99. The molecule has 0 bridgehead atoms. The summed E-state index contributed by atoms with van der Waals surface area (Å²) in [5, 5.41) is 8.53. The van der Waals surface area contributed by atoms with Crippen molar-refractivity contribution in [1.82, 2.24) is 0 Å². The van der Waals surface area contributed by atoms with E-state index in [9.17, 15) is 13.2 Å². The molecule has 0 aliphatic rings. The summed E-state index contributed by atoms with van der Waals surface area (Å²) in [6, 6.07) is 0. The van der Waals surface area contributed by atoms with Gasteiger partial charge >= 0.3 is 6.18 Å². The molecule has 0 spiro atoms. The molecule has 0 aromatic carbocycles. The van der Waals surface area contributed by atoms with Crippen molar-refractivity contribution >= 4 is 0 Å². The van der Waals surface area contributed by atoms with E-state index in [0.29, 0.717) is 0 Å². The standard InChI is InChI=1S/C7H13F3O2/c1-6(2,12-3)5(4-11)7(8,9)10/h5,11H,4H2,1-3H3. The first-order chi connectivity index (χ1) is 5.25. The number of rotatable bonds is 3. The molecule has 1 atom stereocenters. The lowest BCUT2D eigenvalue weighted by molar-refractivity contribution is -0.234. The van der Waals surface area contributed by atoms with Crippen LogP contribution in [0.2, 0.25) is 0 Å². The van der Waals surface area contributed by atoms with Crippen molar-refractivity contribution in [2.45, 2.75) is 25.6 Å². The molecule has 0 aliphatic heterocycles. The second kappa shape index (κ2) is 3.62. The summed E-state index contributed by atoms with van der Waals surface area (Å²) in [5.74, 6) is -1.84. The van der Waals surface area contributed by atoms with Crippen LogP contribution < -0.4 is 0 Å². The summed E-state index contributed by atoms with van der Waals surface area (Å²) in [6.07, 6.45) is -4.42. The topological polar surface area (TPSA) is 29.5 Å². The van der Waals surface area contributed by atoms with Crippen LogP contribution in [-0.2, 0) is 4.74 Å². The van der Waals surface area contributed by atoms with Crippen LogP contribution in [-0.4, -0.2) is 30.6 Å². The zero-order valence-electron chi connectivity index (χ0n) is 7.27. The van der Waals surface area contributed by atoms with Crippen LogP contribution in [0.5, 0.6) is 0 Å². The number of ether oxygens (including phenoxy) is 1. The van der Waals surface area contributed by atoms with Crippen molar-refractivity contribution in [3.05, 3.63) is 0 Å². The van der Waals surface area contributed by atoms with E-state index in [1.54, 1.807) is 0 Å². The lowest BCUT2D eigenvalue weighted by Crippen LogP contribution is -2.45. The maximum atomic E-state index is 12.2. The first kappa shape index (κ1) is 11.7. The number of hydrogen-bond acceptors (Lipinski definition) is 2. The number of halogens is 3. The lowest BCUT2D eigenvalue weighted by atomic mass is 9.91. The molecular formula is C7H13F3O2. The molecule has 5 heteroatoms. The maximum absolute atomic E-state index is 12.2. The fourth-order valence-corrected chi connectivity index (χ4v) is 0.860. The highest BCUT2D eigenvalue weighted by atomic mass is 19.4. The molecule has 0 aromatic heterocycles. The van der Waals surface area contributed by atoms with Crippen LogP contribution in [0.3, 0.4) is 0 Å². The van der Waals surface area contributed by atoms with Gasteiger partial charge in [-0.3, -0.25) is 0 Å². The van der Waals surface area contributed by atoms with Crippen LogP contribution >= 0.6 is 0 Å². The Balaban J connectivity index is 4.56. The first-order valence-corrected chi connectivity index (χ1v) is 3.48. The molecule has 1 N–H and O–H groups in total. The fraction of sp³-hybridized carbons (Fsp3) is 1.00. The molecule has 0 fully saturated rings. The van der Waals surface area contributed by atoms with Gasteiger partial charge in [0.2, 0.25) is 0 Å². The van der Waals surface area contributed by atoms with E-state index in [-0.39, 0.29) is 0 Å². The highest BCUT2D eigenvalue weighted by Crippen LogP contribution is 2.35. The van der Waals surface area contributed by atoms with Crippen molar-refractivity contribution in [3.8, 4) is 0 Å². The number of methoxy groups -OCH3 is 1. The number of hydrogen-bond donors (Lipinski definition) is 1. The molecule has 0 aromatic rings. The molecule has 0 rings (SSSR count). The van der Waals surface area contributed by atoms with E-state index < -0.39 is 24.3 Å². The summed E-state index contributed by atoms with van der Waals surface area (Å²) in [4.78, 5) is 0. The van der Waals surface area contributed by atoms with Gasteiger partial charge in [0, 0.05) is 7.11 Å². The second-order valence-electron chi connectivity index (χ2n) is 3.08. The molecule has 0 saturated heterocycles. The predicted octanol–water partition coefficient (Wildman–Crippen LogP) is 1.58. The van der Waals surface area contributed by atoms with E-state index in [2.05, 4.69) is 4.74 Å². The first-order valence-electron chi connectivity index (χ1n) is 3.48. The van der Waals surface area contributed by atoms with Crippen molar-refractivity contribution in [2.75, 3.05) is 13.7 Å². The molecule has 0 radical (unpaired) electrons. The molecule has 2 nitrogen and oxygen atoms in total. The van der Waals surface area contributed by atoms with Crippen LogP contribution in [0.15, 0.2) is 0 Å². The Hall–Kier alpha value is -0.290. The van der Waals surface area contributed by atoms with Gasteiger partial charge in [-0.2, -0.15) is 13.2 Å². The average Bonchev–Trinajstić information content (AvgIpc) is 1.85. The highest BCUT2D eigenvalue weighted by Gasteiger charge is 2.48. The smallest absolute Gasteiger partial charge is 0.396 e. The zero-order valence-corrected chi connectivity index (χ0v) is 7.27.